The minimum atomic E-state index is 0.206. The summed E-state index contributed by atoms with van der Waals surface area (Å²) in [5.74, 6) is 0.784. The number of hydrogen-bond donors (Lipinski definition) is 0. The summed E-state index contributed by atoms with van der Waals surface area (Å²) in [6, 6.07) is 11.8. The molecule has 1 aliphatic carbocycles. The molecule has 0 unspecified atom stereocenters. The zero-order valence-electron chi connectivity index (χ0n) is 11.1. The normalized spacial score (nSPS) is 16.6. The van der Waals surface area contributed by atoms with Crippen LogP contribution in [0.1, 0.15) is 49.0 Å². The number of pyridine rings is 1. The molecule has 1 saturated carbocycles. The number of aromatic nitrogens is 1. The van der Waals surface area contributed by atoms with Crippen molar-refractivity contribution in [1.29, 1.82) is 0 Å². The molecule has 19 heavy (non-hydrogen) atoms. The lowest BCUT2D eigenvalue weighted by Gasteiger charge is -2.20. The van der Waals surface area contributed by atoms with E-state index in [-0.39, 0.29) is 5.78 Å². The van der Waals surface area contributed by atoms with Crippen LogP contribution in [-0.2, 0) is 0 Å². The van der Waals surface area contributed by atoms with Gasteiger partial charge in [0.25, 0.3) is 0 Å². The highest BCUT2D eigenvalue weighted by atomic mass is 16.1. The van der Waals surface area contributed by atoms with Gasteiger partial charge in [-0.15, -0.1) is 0 Å². The van der Waals surface area contributed by atoms with Gasteiger partial charge in [-0.3, -0.25) is 4.79 Å². The van der Waals surface area contributed by atoms with Crippen LogP contribution in [0.3, 0.4) is 0 Å². The molecule has 0 N–H and O–H groups in total. The van der Waals surface area contributed by atoms with Gasteiger partial charge in [-0.2, -0.15) is 0 Å². The predicted octanol–water partition coefficient (Wildman–Crippen LogP) is 4.39. The van der Waals surface area contributed by atoms with E-state index < -0.39 is 0 Å². The van der Waals surface area contributed by atoms with Crippen molar-refractivity contribution < 1.29 is 4.79 Å². The summed E-state index contributed by atoms with van der Waals surface area (Å²) >= 11 is 0. The van der Waals surface area contributed by atoms with Crippen molar-refractivity contribution in [2.75, 3.05) is 0 Å². The molecule has 2 aromatic rings. The summed E-state index contributed by atoms with van der Waals surface area (Å²) in [5, 5.41) is 1.09. The van der Waals surface area contributed by atoms with E-state index in [2.05, 4.69) is 4.98 Å². The molecule has 1 heterocycles. The van der Waals surface area contributed by atoms with E-state index in [9.17, 15) is 4.79 Å². The van der Waals surface area contributed by atoms with Crippen molar-refractivity contribution >= 4 is 16.7 Å². The summed E-state index contributed by atoms with van der Waals surface area (Å²) in [4.78, 5) is 16.8. The second kappa shape index (κ2) is 5.52. The smallest absolute Gasteiger partial charge is 0.181 e. The molecule has 0 bridgehead atoms. The topological polar surface area (TPSA) is 30.0 Å². The fraction of sp³-hybridized carbons (Fsp3) is 0.412. The third kappa shape index (κ3) is 2.83. The molecule has 1 aliphatic rings. The van der Waals surface area contributed by atoms with Gasteiger partial charge in [0.1, 0.15) is 5.69 Å². The lowest BCUT2D eigenvalue weighted by molar-refractivity contribution is 0.0945. The SMILES string of the molecule is O=C(CC1CCCCC1)c1ccc2ccccc2n1. The predicted molar refractivity (Wildman–Crippen MR) is 77.3 cm³/mol. The van der Waals surface area contributed by atoms with Crippen molar-refractivity contribution in [2.24, 2.45) is 5.92 Å². The Morgan fingerprint density at radius 2 is 1.84 bits per heavy atom. The number of carbonyl (C=O) groups is 1. The van der Waals surface area contributed by atoms with Gasteiger partial charge < -0.3 is 0 Å². The van der Waals surface area contributed by atoms with Gasteiger partial charge in [-0.25, -0.2) is 4.98 Å². The van der Waals surface area contributed by atoms with Crippen LogP contribution in [-0.4, -0.2) is 10.8 Å². The quantitative estimate of drug-likeness (QED) is 0.759. The van der Waals surface area contributed by atoms with Crippen LogP contribution in [0.2, 0.25) is 0 Å². The summed E-state index contributed by atoms with van der Waals surface area (Å²) in [7, 11) is 0. The Labute approximate surface area is 113 Å². The first-order chi connectivity index (χ1) is 9.33. The number of benzene rings is 1. The van der Waals surface area contributed by atoms with Gasteiger partial charge in [-0.1, -0.05) is 56.4 Å². The molecule has 2 heteroatoms. The van der Waals surface area contributed by atoms with Crippen LogP contribution >= 0.6 is 0 Å². The number of nitrogens with zero attached hydrogens (tertiary/aromatic N) is 1. The van der Waals surface area contributed by atoms with Crippen LogP contribution in [0, 0.1) is 5.92 Å². The lowest BCUT2D eigenvalue weighted by atomic mass is 9.85. The van der Waals surface area contributed by atoms with Gasteiger partial charge in [0.15, 0.2) is 5.78 Å². The fourth-order valence-corrected chi connectivity index (χ4v) is 2.98. The molecular weight excluding hydrogens is 234 g/mol. The second-order valence-electron chi connectivity index (χ2n) is 5.52. The maximum absolute atomic E-state index is 12.3. The Hall–Kier alpha value is -1.70. The third-order valence-electron chi connectivity index (χ3n) is 4.08. The maximum atomic E-state index is 12.3. The summed E-state index contributed by atoms with van der Waals surface area (Å²) in [6.45, 7) is 0. The summed E-state index contributed by atoms with van der Waals surface area (Å²) in [6.07, 6.45) is 6.98. The summed E-state index contributed by atoms with van der Waals surface area (Å²) < 4.78 is 0. The molecule has 0 saturated heterocycles. The molecule has 1 aromatic carbocycles. The molecule has 0 amide bonds. The standard InChI is InChI=1S/C17H19NO/c19-17(12-13-6-2-1-3-7-13)16-11-10-14-8-4-5-9-15(14)18-16/h4-5,8-11,13H,1-3,6-7,12H2. The average Bonchev–Trinajstić information content (AvgIpc) is 2.48. The van der Waals surface area contributed by atoms with Gasteiger partial charge in [-0.05, 0) is 18.1 Å². The van der Waals surface area contributed by atoms with Crippen LogP contribution in [0.15, 0.2) is 36.4 Å². The Bertz CT molecular complexity index is 585. The number of hydrogen-bond acceptors (Lipinski definition) is 2. The van der Waals surface area contributed by atoms with E-state index in [1.807, 2.05) is 36.4 Å². The van der Waals surface area contributed by atoms with Crippen molar-refractivity contribution in [1.82, 2.24) is 4.98 Å². The number of para-hydroxylation sites is 1. The molecule has 0 atom stereocenters. The van der Waals surface area contributed by atoms with Crippen LogP contribution in [0.5, 0.6) is 0 Å². The van der Waals surface area contributed by atoms with Crippen LogP contribution < -0.4 is 0 Å². The first-order valence-electron chi connectivity index (χ1n) is 7.22. The molecule has 1 fully saturated rings. The minimum Gasteiger partial charge on any atom is -0.292 e. The highest BCUT2D eigenvalue weighted by molar-refractivity contribution is 5.96. The number of fused-ring (bicyclic) bond motifs is 1. The third-order valence-corrected chi connectivity index (χ3v) is 4.08. The largest absolute Gasteiger partial charge is 0.292 e. The zero-order valence-corrected chi connectivity index (χ0v) is 11.1. The highest BCUT2D eigenvalue weighted by Gasteiger charge is 2.18. The van der Waals surface area contributed by atoms with E-state index >= 15 is 0 Å². The van der Waals surface area contributed by atoms with E-state index in [0.29, 0.717) is 18.0 Å². The zero-order chi connectivity index (χ0) is 13.1. The van der Waals surface area contributed by atoms with Crippen molar-refractivity contribution in [3.63, 3.8) is 0 Å². The van der Waals surface area contributed by atoms with Crippen molar-refractivity contribution in [3.8, 4) is 0 Å². The molecule has 0 radical (unpaired) electrons. The molecule has 1 aromatic heterocycles. The number of rotatable bonds is 3. The Balaban J connectivity index is 1.77. The number of carbonyl (C=O) groups excluding carboxylic acids is 1. The molecule has 0 aliphatic heterocycles. The average molecular weight is 253 g/mol. The van der Waals surface area contributed by atoms with Crippen molar-refractivity contribution in [2.45, 2.75) is 38.5 Å². The molecule has 0 spiro atoms. The van der Waals surface area contributed by atoms with Gasteiger partial charge in [0, 0.05) is 11.8 Å². The Kier molecular flexibility index (Phi) is 3.58. The number of ketones is 1. The molecule has 3 rings (SSSR count). The van der Waals surface area contributed by atoms with Gasteiger partial charge in [0.05, 0.1) is 5.52 Å². The van der Waals surface area contributed by atoms with Crippen LogP contribution in [0.25, 0.3) is 10.9 Å². The van der Waals surface area contributed by atoms with E-state index in [1.54, 1.807) is 0 Å². The number of Topliss-reactive ketones (excluding diaryl/α,β-unsaturated/α-hetero) is 1. The highest BCUT2D eigenvalue weighted by Crippen LogP contribution is 2.27. The van der Waals surface area contributed by atoms with Crippen LogP contribution in [0.4, 0.5) is 0 Å². The monoisotopic (exact) mass is 253 g/mol. The van der Waals surface area contributed by atoms with Gasteiger partial charge in [0.2, 0.25) is 0 Å². The molecule has 2 nitrogen and oxygen atoms in total. The molecular formula is C17H19NO. The van der Waals surface area contributed by atoms with E-state index in [4.69, 9.17) is 0 Å². The van der Waals surface area contributed by atoms with E-state index in [1.165, 1.54) is 32.1 Å². The fourth-order valence-electron chi connectivity index (χ4n) is 2.98. The summed E-state index contributed by atoms with van der Waals surface area (Å²) in [5.41, 5.74) is 1.54. The van der Waals surface area contributed by atoms with Crippen molar-refractivity contribution in [3.05, 3.63) is 42.1 Å². The molecule has 98 valence electrons. The maximum Gasteiger partial charge on any atom is 0.181 e. The lowest BCUT2D eigenvalue weighted by Crippen LogP contribution is -2.13. The van der Waals surface area contributed by atoms with Gasteiger partial charge >= 0.3 is 0 Å². The Morgan fingerprint density at radius 1 is 1.05 bits per heavy atom. The first-order valence-corrected chi connectivity index (χ1v) is 7.22. The second-order valence-corrected chi connectivity index (χ2v) is 5.52. The van der Waals surface area contributed by atoms with E-state index in [0.717, 1.165) is 10.9 Å². The first kappa shape index (κ1) is 12.3. The Morgan fingerprint density at radius 3 is 2.68 bits per heavy atom. The minimum absolute atomic E-state index is 0.206.